The highest BCUT2D eigenvalue weighted by Gasteiger charge is 2.50. The molecule has 4 nitrogen and oxygen atoms in total. The smallest absolute Gasteiger partial charge is 0.0951 e. The zero-order valence-corrected chi connectivity index (χ0v) is 10.3. The average Bonchev–Trinajstić information content (AvgIpc) is 2.71. The maximum absolute atomic E-state index is 5.73. The number of ether oxygens (including phenoxy) is 1. The lowest BCUT2D eigenvalue weighted by Crippen LogP contribution is -2.51. The van der Waals surface area contributed by atoms with Crippen LogP contribution in [0, 0.1) is 5.41 Å². The van der Waals surface area contributed by atoms with E-state index in [2.05, 4.69) is 23.4 Å². The van der Waals surface area contributed by atoms with Crippen molar-refractivity contribution in [3.63, 3.8) is 0 Å². The lowest BCUT2D eigenvalue weighted by atomic mass is 9.64. The Morgan fingerprint density at radius 3 is 2.94 bits per heavy atom. The van der Waals surface area contributed by atoms with Gasteiger partial charge in [-0.3, -0.25) is 0 Å². The summed E-state index contributed by atoms with van der Waals surface area (Å²) in [7, 11) is 0. The largest absolute Gasteiger partial charge is 0.378 e. The molecule has 1 aliphatic rings. The first-order valence-electron chi connectivity index (χ1n) is 5.93. The standard InChI is InChI=1S/C12H21N3O/c1-4-16-11-5-10(12(11,2)3)15-8-14-7-9(15)6-13/h7-8,10-11H,4-6,13H2,1-3H3. The summed E-state index contributed by atoms with van der Waals surface area (Å²) in [6.07, 6.45) is 5.15. The Morgan fingerprint density at radius 2 is 2.38 bits per heavy atom. The number of rotatable bonds is 4. The molecule has 0 aliphatic heterocycles. The number of hydrogen-bond acceptors (Lipinski definition) is 3. The minimum atomic E-state index is 0.167. The third-order valence-electron chi connectivity index (χ3n) is 3.79. The van der Waals surface area contributed by atoms with Gasteiger partial charge in [-0.2, -0.15) is 0 Å². The second-order valence-corrected chi connectivity index (χ2v) is 5.01. The highest BCUT2D eigenvalue weighted by atomic mass is 16.5. The van der Waals surface area contributed by atoms with E-state index < -0.39 is 0 Å². The van der Waals surface area contributed by atoms with Crippen molar-refractivity contribution in [1.29, 1.82) is 0 Å². The maximum atomic E-state index is 5.73. The van der Waals surface area contributed by atoms with Gasteiger partial charge < -0.3 is 15.0 Å². The van der Waals surface area contributed by atoms with Gasteiger partial charge in [-0.25, -0.2) is 4.98 Å². The summed E-state index contributed by atoms with van der Waals surface area (Å²) in [5.74, 6) is 0. The highest BCUT2D eigenvalue weighted by Crippen LogP contribution is 2.51. The van der Waals surface area contributed by atoms with E-state index in [1.165, 1.54) is 0 Å². The predicted molar refractivity (Wildman–Crippen MR) is 63.0 cm³/mol. The SMILES string of the molecule is CCOC1CC(n2cncc2CN)C1(C)C. The Kier molecular flexibility index (Phi) is 3.04. The van der Waals surface area contributed by atoms with Gasteiger partial charge in [0.2, 0.25) is 0 Å². The highest BCUT2D eigenvalue weighted by molar-refractivity contribution is 5.08. The Balaban J connectivity index is 2.14. The summed E-state index contributed by atoms with van der Waals surface area (Å²) in [4.78, 5) is 4.17. The van der Waals surface area contributed by atoms with Crippen LogP contribution in [-0.4, -0.2) is 22.3 Å². The molecule has 1 fully saturated rings. The second-order valence-electron chi connectivity index (χ2n) is 5.01. The Hall–Kier alpha value is -0.870. The van der Waals surface area contributed by atoms with Crippen LogP contribution in [0.1, 0.15) is 38.9 Å². The van der Waals surface area contributed by atoms with Crippen LogP contribution in [0.5, 0.6) is 0 Å². The van der Waals surface area contributed by atoms with Crippen LogP contribution in [0.25, 0.3) is 0 Å². The van der Waals surface area contributed by atoms with Crippen molar-refractivity contribution in [3.05, 3.63) is 18.2 Å². The van der Waals surface area contributed by atoms with E-state index >= 15 is 0 Å². The first-order valence-corrected chi connectivity index (χ1v) is 5.93. The molecule has 0 bridgehead atoms. The van der Waals surface area contributed by atoms with Crippen LogP contribution < -0.4 is 5.73 Å². The van der Waals surface area contributed by atoms with Gasteiger partial charge in [0.05, 0.1) is 18.1 Å². The molecule has 4 heteroatoms. The molecule has 1 aliphatic carbocycles. The molecule has 2 N–H and O–H groups in total. The number of nitrogens with zero attached hydrogens (tertiary/aromatic N) is 2. The number of aromatic nitrogens is 2. The van der Waals surface area contributed by atoms with Crippen molar-refractivity contribution in [2.75, 3.05) is 6.61 Å². The van der Waals surface area contributed by atoms with E-state index in [9.17, 15) is 0 Å². The molecule has 0 spiro atoms. The molecular weight excluding hydrogens is 202 g/mol. The van der Waals surface area contributed by atoms with Gasteiger partial charge in [0.25, 0.3) is 0 Å². The molecule has 1 saturated carbocycles. The van der Waals surface area contributed by atoms with Crippen molar-refractivity contribution < 1.29 is 4.74 Å². The molecule has 2 atom stereocenters. The van der Waals surface area contributed by atoms with E-state index in [1.807, 2.05) is 19.4 Å². The third kappa shape index (κ3) is 1.66. The molecular formula is C12H21N3O. The zero-order chi connectivity index (χ0) is 11.8. The summed E-state index contributed by atoms with van der Waals surface area (Å²) in [5, 5.41) is 0. The molecule has 0 aromatic carbocycles. The van der Waals surface area contributed by atoms with Crippen molar-refractivity contribution in [2.45, 2.75) is 45.9 Å². The number of imidazole rings is 1. The predicted octanol–water partition coefficient (Wildman–Crippen LogP) is 1.72. The summed E-state index contributed by atoms with van der Waals surface area (Å²) in [5.41, 5.74) is 6.97. The van der Waals surface area contributed by atoms with Gasteiger partial charge in [0.1, 0.15) is 0 Å². The molecule has 2 rings (SSSR count). The van der Waals surface area contributed by atoms with E-state index in [0.717, 1.165) is 18.7 Å². The Morgan fingerprint density at radius 1 is 1.62 bits per heavy atom. The minimum absolute atomic E-state index is 0.167. The van der Waals surface area contributed by atoms with E-state index in [-0.39, 0.29) is 5.41 Å². The minimum Gasteiger partial charge on any atom is -0.378 e. The quantitative estimate of drug-likeness (QED) is 0.845. The Bertz CT molecular complexity index is 359. The fraction of sp³-hybridized carbons (Fsp3) is 0.750. The monoisotopic (exact) mass is 223 g/mol. The van der Waals surface area contributed by atoms with Gasteiger partial charge in [0.15, 0.2) is 0 Å². The first kappa shape index (κ1) is 11.6. The number of nitrogens with two attached hydrogens (primary N) is 1. The fourth-order valence-corrected chi connectivity index (χ4v) is 2.59. The lowest BCUT2D eigenvalue weighted by molar-refractivity contribution is -0.128. The van der Waals surface area contributed by atoms with Crippen LogP contribution in [0.3, 0.4) is 0 Å². The fourth-order valence-electron chi connectivity index (χ4n) is 2.59. The van der Waals surface area contributed by atoms with Gasteiger partial charge >= 0.3 is 0 Å². The molecule has 1 aromatic rings. The summed E-state index contributed by atoms with van der Waals surface area (Å²) in [6.45, 7) is 7.88. The molecule has 16 heavy (non-hydrogen) atoms. The van der Waals surface area contributed by atoms with Gasteiger partial charge in [0, 0.05) is 30.8 Å². The molecule has 0 radical (unpaired) electrons. The summed E-state index contributed by atoms with van der Waals surface area (Å²) < 4.78 is 7.93. The van der Waals surface area contributed by atoms with E-state index in [4.69, 9.17) is 10.5 Å². The topological polar surface area (TPSA) is 53.1 Å². The molecule has 90 valence electrons. The molecule has 1 aromatic heterocycles. The lowest BCUT2D eigenvalue weighted by Gasteiger charge is -2.52. The van der Waals surface area contributed by atoms with Crippen LogP contribution in [0.4, 0.5) is 0 Å². The maximum Gasteiger partial charge on any atom is 0.0951 e. The van der Waals surface area contributed by atoms with Crippen molar-refractivity contribution in [2.24, 2.45) is 11.1 Å². The van der Waals surface area contributed by atoms with E-state index in [0.29, 0.717) is 18.7 Å². The summed E-state index contributed by atoms with van der Waals surface area (Å²) >= 11 is 0. The average molecular weight is 223 g/mol. The summed E-state index contributed by atoms with van der Waals surface area (Å²) in [6, 6.07) is 0.463. The van der Waals surface area contributed by atoms with E-state index in [1.54, 1.807) is 0 Å². The normalized spacial score (nSPS) is 27.8. The van der Waals surface area contributed by atoms with Crippen molar-refractivity contribution in [3.8, 4) is 0 Å². The van der Waals surface area contributed by atoms with Gasteiger partial charge in [-0.1, -0.05) is 13.8 Å². The van der Waals surface area contributed by atoms with Gasteiger partial charge in [-0.05, 0) is 13.3 Å². The molecule has 1 heterocycles. The van der Waals surface area contributed by atoms with Gasteiger partial charge in [-0.15, -0.1) is 0 Å². The number of hydrogen-bond donors (Lipinski definition) is 1. The van der Waals surface area contributed by atoms with Crippen LogP contribution in [-0.2, 0) is 11.3 Å². The zero-order valence-electron chi connectivity index (χ0n) is 10.3. The Labute approximate surface area is 96.8 Å². The molecule has 0 saturated heterocycles. The molecule has 2 unspecified atom stereocenters. The van der Waals surface area contributed by atoms with Crippen LogP contribution in [0.2, 0.25) is 0 Å². The van der Waals surface area contributed by atoms with Crippen LogP contribution >= 0.6 is 0 Å². The molecule has 0 amide bonds. The second kappa shape index (κ2) is 4.18. The van der Waals surface area contributed by atoms with Crippen LogP contribution in [0.15, 0.2) is 12.5 Å². The third-order valence-corrected chi connectivity index (χ3v) is 3.79. The first-order chi connectivity index (χ1) is 7.61. The van der Waals surface area contributed by atoms with Crippen molar-refractivity contribution >= 4 is 0 Å². The van der Waals surface area contributed by atoms with Crippen molar-refractivity contribution in [1.82, 2.24) is 9.55 Å².